The highest BCUT2D eigenvalue weighted by Gasteiger charge is 2.31. The summed E-state index contributed by atoms with van der Waals surface area (Å²) in [6, 6.07) is 11.5. The van der Waals surface area contributed by atoms with E-state index in [1.54, 1.807) is 11.3 Å². The van der Waals surface area contributed by atoms with Crippen LogP contribution in [-0.4, -0.2) is 5.97 Å². The third-order valence-electron chi connectivity index (χ3n) is 2.49. The van der Waals surface area contributed by atoms with Crippen molar-refractivity contribution in [2.24, 2.45) is 0 Å². The van der Waals surface area contributed by atoms with E-state index < -0.39 is 0 Å². The summed E-state index contributed by atoms with van der Waals surface area (Å²) >= 11 is 1.61. The first-order chi connectivity index (χ1) is 7.36. The predicted octanol–water partition coefficient (Wildman–Crippen LogP) is 3.01. The van der Waals surface area contributed by atoms with Gasteiger partial charge >= 0.3 is 5.97 Å². The summed E-state index contributed by atoms with van der Waals surface area (Å²) in [4.78, 5) is 12.6. The van der Waals surface area contributed by atoms with Crippen LogP contribution in [0.3, 0.4) is 0 Å². The van der Waals surface area contributed by atoms with Crippen molar-refractivity contribution in [1.29, 1.82) is 0 Å². The maximum atomic E-state index is 11.6. The van der Waals surface area contributed by atoms with Gasteiger partial charge in [0.2, 0.25) is 0 Å². The molecule has 15 heavy (non-hydrogen) atoms. The van der Waals surface area contributed by atoms with Gasteiger partial charge in [0.1, 0.15) is 0 Å². The second-order valence-corrected chi connectivity index (χ2v) is 4.37. The molecule has 3 rings (SSSR count). The molecule has 1 atom stereocenters. The zero-order valence-corrected chi connectivity index (χ0v) is 8.66. The Bertz CT molecular complexity index is 502. The predicted molar refractivity (Wildman–Crippen MR) is 58.0 cm³/mol. The molecule has 3 heteroatoms. The third kappa shape index (κ3) is 1.27. The van der Waals surface area contributed by atoms with Gasteiger partial charge in [0, 0.05) is 10.4 Å². The molecule has 1 aliphatic heterocycles. The first-order valence-corrected chi connectivity index (χ1v) is 5.57. The number of carbonyl (C=O) groups excluding carboxylic acids is 1. The van der Waals surface area contributed by atoms with Crippen LogP contribution in [0.2, 0.25) is 0 Å². The summed E-state index contributed by atoms with van der Waals surface area (Å²) in [7, 11) is 0. The summed E-state index contributed by atoms with van der Waals surface area (Å²) in [5.41, 5.74) is 1.67. The number of ether oxygens (including phenoxy) is 1. The normalized spacial score (nSPS) is 18.7. The van der Waals surface area contributed by atoms with Crippen molar-refractivity contribution in [2.75, 3.05) is 0 Å². The highest BCUT2D eigenvalue weighted by molar-refractivity contribution is 7.10. The standard InChI is InChI=1S/C12H8O2S/c13-12-9-5-2-1-4-8(9)11(14-12)10-6-3-7-15-10/h1-7,11H. The summed E-state index contributed by atoms with van der Waals surface area (Å²) in [5, 5.41) is 1.99. The van der Waals surface area contributed by atoms with E-state index in [2.05, 4.69) is 0 Å². The fraction of sp³-hybridized carbons (Fsp3) is 0.0833. The Morgan fingerprint density at radius 3 is 2.80 bits per heavy atom. The molecule has 0 saturated carbocycles. The number of esters is 1. The number of cyclic esters (lactones) is 1. The van der Waals surface area contributed by atoms with Crippen LogP contribution in [-0.2, 0) is 4.74 Å². The monoisotopic (exact) mass is 216 g/mol. The van der Waals surface area contributed by atoms with Gasteiger partial charge in [0.05, 0.1) is 5.56 Å². The SMILES string of the molecule is O=C1OC(c2cccs2)c2ccccc21. The van der Waals surface area contributed by atoms with Crippen LogP contribution >= 0.6 is 11.3 Å². The second kappa shape index (κ2) is 3.21. The lowest BCUT2D eigenvalue weighted by Crippen LogP contribution is -1.97. The van der Waals surface area contributed by atoms with E-state index in [-0.39, 0.29) is 12.1 Å². The number of thiophene rings is 1. The van der Waals surface area contributed by atoms with Crippen LogP contribution in [0, 0.1) is 0 Å². The van der Waals surface area contributed by atoms with Gasteiger partial charge in [-0.15, -0.1) is 11.3 Å². The average molecular weight is 216 g/mol. The van der Waals surface area contributed by atoms with Gasteiger partial charge in [0.15, 0.2) is 6.10 Å². The molecule has 0 saturated heterocycles. The first-order valence-electron chi connectivity index (χ1n) is 4.69. The molecule has 74 valence electrons. The van der Waals surface area contributed by atoms with Crippen LogP contribution in [0.4, 0.5) is 0 Å². The molecule has 0 spiro atoms. The minimum absolute atomic E-state index is 0.200. The highest BCUT2D eigenvalue weighted by Crippen LogP contribution is 2.37. The Labute approximate surface area is 91.1 Å². The van der Waals surface area contributed by atoms with Crippen LogP contribution in [0.25, 0.3) is 0 Å². The molecule has 0 amide bonds. The Hall–Kier alpha value is -1.61. The van der Waals surface area contributed by atoms with Gasteiger partial charge in [-0.1, -0.05) is 24.3 Å². The largest absolute Gasteiger partial charge is 0.448 e. The number of hydrogen-bond donors (Lipinski definition) is 0. The molecule has 1 aliphatic rings. The number of benzene rings is 1. The Kier molecular flexibility index (Phi) is 1.86. The van der Waals surface area contributed by atoms with Crippen molar-refractivity contribution in [2.45, 2.75) is 6.10 Å². The lowest BCUT2D eigenvalue weighted by molar-refractivity contribution is 0.0461. The Morgan fingerprint density at radius 1 is 1.13 bits per heavy atom. The minimum Gasteiger partial charge on any atom is -0.448 e. The van der Waals surface area contributed by atoms with E-state index in [1.807, 2.05) is 41.8 Å². The van der Waals surface area contributed by atoms with Gasteiger partial charge in [-0.2, -0.15) is 0 Å². The summed E-state index contributed by atoms with van der Waals surface area (Å²) < 4.78 is 5.35. The van der Waals surface area contributed by atoms with Gasteiger partial charge in [0.25, 0.3) is 0 Å². The van der Waals surface area contributed by atoms with E-state index in [4.69, 9.17) is 4.74 Å². The molecule has 1 unspecified atom stereocenters. The Morgan fingerprint density at radius 2 is 2.00 bits per heavy atom. The topological polar surface area (TPSA) is 26.3 Å². The molecule has 1 aromatic carbocycles. The molecule has 1 aromatic heterocycles. The molecule has 2 aromatic rings. The number of hydrogen-bond acceptors (Lipinski definition) is 3. The number of carbonyl (C=O) groups is 1. The third-order valence-corrected chi connectivity index (χ3v) is 3.41. The summed E-state index contributed by atoms with van der Waals surface area (Å²) in [5.74, 6) is -0.219. The van der Waals surface area contributed by atoms with Crippen LogP contribution in [0.15, 0.2) is 41.8 Å². The van der Waals surface area contributed by atoms with E-state index in [1.165, 1.54) is 0 Å². The highest BCUT2D eigenvalue weighted by atomic mass is 32.1. The molecule has 0 bridgehead atoms. The van der Waals surface area contributed by atoms with Crippen molar-refractivity contribution in [3.8, 4) is 0 Å². The van der Waals surface area contributed by atoms with E-state index in [0.717, 1.165) is 10.4 Å². The molecule has 2 nitrogen and oxygen atoms in total. The van der Waals surface area contributed by atoms with Gasteiger partial charge in [-0.05, 0) is 17.5 Å². The van der Waals surface area contributed by atoms with Crippen LogP contribution < -0.4 is 0 Å². The maximum absolute atomic E-state index is 11.6. The van der Waals surface area contributed by atoms with Crippen molar-refractivity contribution >= 4 is 17.3 Å². The number of rotatable bonds is 1. The molecule has 0 fully saturated rings. The van der Waals surface area contributed by atoms with E-state index in [0.29, 0.717) is 5.56 Å². The smallest absolute Gasteiger partial charge is 0.339 e. The minimum atomic E-state index is -0.219. The first kappa shape index (κ1) is 8.68. The molecular formula is C12H8O2S. The van der Waals surface area contributed by atoms with E-state index >= 15 is 0 Å². The van der Waals surface area contributed by atoms with E-state index in [9.17, 15) is 4.79 Å². The number of fused-ring (bicyclic) bond motifs is 1. The van der Waals surface area contributed by atoms with Crippen molar-refractivity contribution in [3.63, 3.8) is 0 Å². The van der Waals surface area contributed by atoms with Gasteiger partial charge in [-0.3, -0.25) is 0 Å². The van der Waals surface area contributed by atoms with Crippen LogP contribution in [0.5, 0.6) is 0 Å². The summed E-state index contributed by atoms with van der Waals surface area (Å²) in [6.45, 7) is 0. The summed E-state index contributed by atoms with van der Waals surface area (Å²) in [6.07, 6.45) is -0.200. The Balaban J connectivity index is 2.13. The molecule has 0 N–H and O–H groups in total. The zero-order valence-electron chi connectivity index (χ0n) is 7.84. The second-order valence-electron chi connectivity index (χ2n) is 3.39. The van der Waals surface area contributed by atoms with Crippen molar-refractivity contribution < 1.29 is 9.53 Å². The maximum Gasteiger partial charge on any atom is 0.339 e. The molecule has 0 aliphatic carbocycles. The van der Waals surface area contributed by atoms with Crippen LogP contribution in [0.1, 0.15) is 26.9 Å². The fourth-order valence-corrected chi connectivity index (χ4v) is 2.57. The lowest BCUT2D eigenvalue weighted by Gasteiger charge is -2.07. The van der Waals surface area contributed by atoms with Gasteiger partial charge in [-0.25, -0.2) is 4.79 Å². The zero-order chi connectivity index (χ0) is 10.3. The molecular weight excluding hydrogens is 208 g/mol. The van der Waals surface area contributed by atoms with Crippen molar-refractivity contribution in [1.82, 2.24) is 0 Å². The molecule has 0 radical (unpaired) electrons. The quantitative estimate of drug-likeness (QED) is 0.685. The lowest BCUT2D eigenvalue weighted by atomic mass is 10.0. The average Bonchev–Trinajstić information content (AvgIpc) is 2.87. The molecule has 2 heterocycles. The fourth-order valence-electron chi connectivity index (χ4n) is 1.80. The van der Waals surface area contributed by atoms with Crippen molar-refractivity contribution in [3.05, 3.63) is 57.8 Å². The van der Waals surface area contributed by atoms with Gasteiger partial charge < -0.3 is 4.74 Å².